The van der Waals surface area contributed by atoms with E-state index in [1.54, 1.807) is 0 Å². The second kappa shape index (κ2) is 5.64. The van der Waals surface area contributed by atoms with Crippen LogP contribution in [-0.2, 0) is 6.42 Å². The van der Waals surface area contributed by atoms with Crippen molar-refractivity contribution in [2.24, 2.45) is 5.92 Å². The zero-order chi connectivity index (χ0) is 10.4. The van der Waals surface area contributed by atoms with Crippen molar-refractivity contribution in [3.05, 3.63) is 47.5 Å². The lowest BCUT2D eigenvalue weighted by molar-refractivity contribution is 0.720. The third-order valence-corrected chi connectivity index (χ3v) is 2.38. The fourth-order valence-electron chi connectivity index (χ4n) is 1.53. The van der Waals surface area contributed by atoms with Crippen molar-refractivity contribution < 1.29 is 0 Å². The summed E-state index contributed by atoms with van der Waals surface area (Å²) in [5, 5.41) is 0. The van der Waals surface area contributed by atoms with Crippen LogP contribution in [0.15, 0.2) is 36.4 Å². The number of hydrogen-bond acceptors (Lipinski definition) is 0. The van der Waals surface area contributed by atoms with Crippen LogP contribution in [0.2, 0.25) is 0 Å². The Kier molecular flexibility index (Phi) is 4.45. The third kappa shape index (κ3) is 3.78. The van der Waals surface area contributed by atoms with Crippen LogP contribution >= 0.6 is 0 Å². The first-order valence-electron chi connectivity index (χ1n) is 5.44. The van der Waals surface area contributed by atoms with E-state index in [0.717, 1.165) is 12.8 Å². The molecule has 0 saturated heterocycles. The van der Waals surface area contributed by atoms with E-state index >= 15 is 0 Å². The van der Waals surface area contributed by atoms with E-state index in [2.05, 4.69) is 57.2 Å². The maximum absolute atomic E-state index is 2.31. The van der Waals surface area contributed by atoms with Crippen LogP contribution in [-0.4, -0.2) is 0 Å². The lowest BCUT2D eigenvalue weighted by atomic mass is 10.00. The maximum atomic E-state index is 2.31. The molecule has 0 radical (unpaired) electrons. The largest absolute Gasteiger partial charge is 0.0885 e. The quantitative estimate of drug-likeness (QED) is 0.623. The molecule has 0 nitrogen and oxygen atoms in total. The molecular weight excluding hydrogens is 168 g/mol. The molecule has 0 amide bonds. The molecule has 1 aromatic carbocycles. The molecule has 0 aromatic heterocycles. The Morgan fingerprint density at radius 1 is 1.21 bits per heavy atom. The molecule has 0 N–H and O–H groups in total. The lowest BCUT2D eigenvalue weighted by Crippen LogP contribution is -1.95. The van der Waals surface area contributed by atoms with Gasteiger partial charge in [-0.25, -0.2) is 0 Å². The van der Waals surface area contributed by atoms with Crippen LogP contribution in [0.3, 0.4) is 0 Å². The second-order valence-electron chi connectivity index (χ2n) is 4.00. The molecule has 14 heavy (non-hydrogen) atoms. The number of allylic oxidation sites excluding steroid dienone is 2. The fourth-order valence-corrected chi connectivity index (χ4v) is 1.53. The summed E-state index contributed by atoms with van der Waals surface area (Å²) in [6.45, 7) is 6.57. The topological polar surface area (TPSA) is 0 Å². The van der Waals surface area contributed by atoms with Crippen molar-refractivity contribution >= 4 is 0 Å². The monoisotopic (exact) mass is 188 g/mol. The summed E-state index contributed by atoms with van der Waals surface area (Å²) in [6, 6.07) is 8.83. The fraction of sp³-hybridized carbons (Fsp3) is 0.429. The van der Waals surface area contributed by atoms with Crippen molar-refractivity contribution in [2.45, 2.75) is 33.6 Å². The zero-order valence-corrected chi connectivity index (χ0v) is 9.46. The summed E-state index contributed by atoms with van der Waals surface area (Å²) in [5.41, 5.74) is 2.77. The lowest BCUT2D eigenvalue weighted by Gasteiger charge is -2.06. The Labute approximate surface area is 87.7 Å². The Balaban J connectivity index is 2.51. The SMILES string of the molecule is CC/C=C\C(C)Cc1ccc(C)cc1. The number of rotatable bonds is 4. The second-order valence-corrected chi connectivity index (χ2v) is 4.00. The number of aryl methyl sites for hydroxylation is 1. The highest BCUT2D eigenvalue weighted by Gasteiger charge is 1.98. The molecule has 0 heterocycles. The average molecular weight is 188 g/mol. The van der Waals surface area contributed by atoms with Crippen LogP contribution in [0.1, 0.15) is 31.4 Å². The van der Waals surface area contributed by atoms with Gasteiger partial charge < -0.3 is 0 Å². The van der Waals surface area contributed by atoms with Crippen LogP contribution < -0.4 is 0 Å². The van der Waals surface area contributed by atoms with Gasteiger partial charge in [0.05, 0.1) is 0 Å². The zero-order valence-electron chi connectivity index (χ0n) is 9.46. The summed E-state index contributed by atoms with van der Waals surface area (Å²) < 4.78 is 0. The van der Waals surface area contributed by atoms with E-state index in [0.29, 0.717) is 5.92 Å². The van der Waals surface area contributed by atoms with Crippen molar-refractivity contribution in [2.75, 3.05) is 0 Å². The predicted octanol–water partition coefficient (Wildman–Crippen LogP) is 4.14. The average Bonchev–Trinajstić information content (AvgIpc) is 2.18. The Hall–Kier alpha value is -1.04. The molecule has 1 rings (SSSR count). The van der Waals surface area contributed by atoms with Crippen LogP contribution in [0.5, 0.6) is 0 Å². The minimum absolute atomic E-state index is 0.651. The highest BCUT2D eigenvalue weighted by atomic mass is 14.0. The minimum atomic E-state index is 0.651. The molecule has 0 saturated carbocycles. The van der Waals surface area contributed by atoms with Gasteiger partial charge in [-0.05, 0) is 31.2 Å². The van der Waals surface area contributed by atoms with Gasteiger partial charge in [-0.2, -0.15) is 0 Å². The standard InChI is InChI=1S/C14H20/c1-4-5-6-13(3)11-14-9-7-12(2)8-10-14/h5-10,13H,4,11H2,1-3H3/b6-5-. The van der Waals surface area contributed by atoms with E-state index in [-0.39, 0.29) is 0 Å². The summed E-state index contributed by atoms with van der Waals surface area (Å²) in [4.78, 5) is 0. The van der Waals surface area contributed by atoms with Gasteiger partial charge in [0.2, 0.25) is 0 Å². The molecule has 0 heteroatoms. The Morgan fingerprint density at radius 3 is 2.43 bits per heavy atom. The normalized spacial score (nSPS) is 13.4. The van der Waals surface area contributed by atoms with Crippen molar-refractivity contribution in [3.63, 3.8) is 0 Å². The molecule has 1 unspecified atom stereocenters. The molecule has 76 valence electrons. The summed E-state index contributed by atoms with van der Waals surface area (Å²) in [7, 11) is 0. The molecular formula is C14H20. The van der Waals surface area contributed by atoms with E-state index in [9.17, 15) is 0 Å². The van der Waals surface area contributed by atoms with Gasteiger partial charge in [-0.3, -0.25) is 0 Å². The van der Waals surface area contributed by atoms with Gasteiger partial charge in [0, 0.05) is 0 Å². The summed E-state index contributed by atoms with van der Waals surface area (Å²) >= 11 is 0. The van der Waals surface area contributed by atoms with Gasteiger partial charge in [0.15, 0.2) is 0 Å². The van der Waals surface area contributed by atoms with E-state index in [4.69, 9.17) is 0 Å². The van der Waals surface area contributed by atoms with E-state index < -0.39 is 0 Å². The molecule has 1 aromatic rings. The van der Waals surface area contributed by atoms with Crippen LogP contribution in [0.25, 0.3) is 0 Å². The summed E-state index contributed by atoms with van der Waals surface area (Å²) in [6.07, 6.45) is 6.84. The first-order chi connectivity index (χ1) is 6.72. The highest BCUT2D eigenvalue weighted by Crippen LogP contribution is 2.11. The number of hydrogen-bond donors (Lipinski definition) is 0. The maximum Gasteiger partial charge on any atom is -0.0218 e. The minimum Gasteiger partial charge on any atom is -0.0885 e. The van der Waals surface area contributed by atoms with Gasteiger partial charge in [-0.15, -0.1) is 0 Å². The van der Waals surface area contributed by atoms with Crippen molar-refractivity contribution in [1.82, 2.24) is 0 Å². The van der Waals surface area contributed by atoms with Gasteiger partial charge in [0.25, 0.3) is 0 Å². The molecule has 0 fully saturated rings. The van der Waals surface area contributed by atoms with Crippen LogP contribution in [0, 0.1) is 12.8 Å². The van der Waals surface area contributed by atoms with Gasteiger partial charge >= 0.3 is 0 Å². The smallest absolute Gasteiger partial charge is 0.0218 e. The Bertz CT molecular complexity index is 279. The first-order valence-corrected chi connectivity index (χ1v) is 5.44. The van der Waals surface area contributed by atoms with E-state index in [1.807, 2.05) is 0 Å². The molecule has 0 bridgehead atoms. The third-order valence-electron chi connectivity index (χ3n) is 2.38. The van der Waals surface area contributed by atoms with Gasteiger partial charge in [-0.1, -0.05) is 55.8 Å². The first kappa shape index (κ1) is 11.0. The molecule has 0 spiro atoms. The molecule has 1 atom stereocenters. The predicted molar refractivity (Wildman–Crippen MR) is 63.5 cm³/mol. The van der Waals surface area contributed by atoms with Crippen LogP contribution in [0.4, 0.5) is 0 Å². The van der Waals surface area contributed by atoms with Crippen molar-refractivity contribution in [1.29, 1.82) is 0 Å². The molecule has 0 aliphatic heterocycles. The van der Waals surface area contributed by atoms with E-state index in [1.165, 1.54) is 11.1 Å². The van der Waals surface area contributed by atoms with Gasteiger partial charge in [0.1, 0.15) is 0 Å². The Morgan fingerprint density at radius 2 is 1.86 bits per heavy atom. The molecule has 0 aliphatic carbocycles. The number of benzene rings is 1. The van der Waals surface area contributed by atoms with Crippen molar-refractivity contribution in [3.8, 4) is 0 Å². The highest BCUT2D eigenvalue weighted by molar-refractivity contribution is 5.22. The molecule has 0 aliphatic rings. The summed E-state index contributed by atoms with van der Waals surface area (Å²) in [5.74, 6) is 0.651.